The molecule has 1 fully saturated rings. The molecule has 1 atom stereocenters. The van der Waals surface area contributed by atoms with E-state index in [1.165, 1.54) is 0 Å². The fraction of sp³-hybridized carbons (Fsp3) is 0.500. The Balaban J connectivity index is 2.24. The molecule has 0 saturated carbocycles. The molecule has 1 aromatic carbocycles. The number of carbonyl (C=O) groups is 2. The summed E-state index contributed by atoms with van der Waals surface area (Å²) in [6.07, 6.45) is 2.90. The van der Waals surface area contributed by atoms with Gasteiger partial charge in [0.15, 0.2) is 0 Å². The van der Waals surface area contributed by atoms with E-state index in [9.17, 15) is 14.7 Å². The first-order chi connectivity index (χ1) is 12.0. The number of amides is 1. The lowest BCUT2D eigenvalue weighted by Gasteiger charge is -2.30. The molecule has 1 saturated heterocycles. The number of carboxylic acid groups (broad SMARTS) is 1. The Morgan fingerprint density at radius 1 is 1.24 bits per heavy atom. The van der Waals surface area contributed by atoms with Crippen molar-refractivity contribution in [3.8, 4) is 0 Å². The molecular weight excluding hydrogens is 318 g/mol. The van der Waals surface area contributed by atoms with Crippen LogP contribution in [-0.4, -0.2) is 34.7 Å². The highest BCUT2D eigenvalue weighted by atomic mass is 16.7. The number of carbonyl (C=O) groups excluding carboxylic acids is 1. The van der Waals surface area contributed by atoms with Crippen LogP contribution in [0.15, 0.2) is 17.9 Å². The Hall–Kier alpha value is -2.30. The molecule has 1 aromatic rings. The molecule has 1 N–H and O–H groups in total. The first kappa shape index (κ1) is 17.5. The summed E-state index contributed by atoms with van der Waals surface area (Å²) in [5.41, 5.74) is 4.65. The highest BCUT2D eigenvalue weighted by Crippen LogP contribution is 2.41. The topological polar surface area (TPSA) is 66.8 Å². The Morgan fingerprint density at radius 3 is 2.44 bits per heavy atom. The third kappa shape index (κ3) is 3.03. The van der Waals surface area contributed by atoms with Gasteiger partial charge in [-0.25, -0.2) is 4.79 Å². The standard InChI is InChI=1S/C20H25NO4/c1-4-13-10-12(3)11-14(5-2)16(13)17-18(25-20(23)24)15-8-6-7-9-21(15)19(17)22/h10-11,15H,4-9H2,1-3H3,(H,23,24). The van der Waals surface area contributed by atoms with Crippen molar-refractivity contribution in [1.82, 2.24) is 4.90 Å². The van der Waals surface area contributed by atoms with E-state index in [1.54, 1.807) is 4.90 Å². The minimum atomic E-state index is -1.35. The van der Waals surface area contributed by atoms with Crippen molar-refractivity contribution in [3.05, 3.63) is 40.1 Å². The summed E-state index contributed by atoms with van der Waals surface area (Å²) in [6, 6.07) is 3.93. The zero-order valence-corrected chi connectivity index (χ0v) is 15.1. The number of piperidine rings is 1. The zero-order chi connectivity index (χ0) is 18.1. The lowest BCUT2D eigenvalue weighted by Crippen LogP contribution is -2.39. The molecule has 0 aliphatic carbocycles. The zero-order valence-electron chi connectivity index (χ0n) is 15.1. The van der Waals surface area contributed by atoms with Gasteiger partial charge in [-0.05, 0) is 55.7 Å². The van der Waals surface area contributed by atoms with Crippen molar-refractivity contribution in [2.45, 2.75) is 58.9 Å². The third-order valence-corrected chi connectivity index (χ3v) is 5.18. The van der Waals surface area contributed by atoms with Crippen LogP contribution in [0, 0.1) is 6.92 Å². The van der Waals surface area contributed by atoms with Gasteiger partial charge >= 0.3 is 6.16 Å². The van der Waals surface area contributed by atoms with E-state index in [-0.39, 0.29) is 11.9 Å². The molecule has 3 rings (SSSR count). The van der Waals surface area contributed by atoms with Gasteiger partial charge in [-0.15, -0.1) is 0 Å². The number of hydrogen-bond donors (Lipinski definition) is 1. The number of ether oxygens (including phenoxy) is 1. The lowest BCUT2D eigenvalue weighted by molar-refractivity contribution is -0.126. The fourth-order valence-electron chi connectivity index (χ4n) is 4.13. The molecule has 0 aromatic heterocycles. The van der Waals surface area contributed by atoms with Crippen LogP contribution in [0.2, 0.25) is 0 Å². The molecule has 2 aliphatic heterocycles. The van der Waals surface area contributed by atoms with Crippen LogP contribution in [0.3, 0.4) is 0 Å². The molecule has 5 heteroatoms. The monoisotopic (exact) mass is 343 g/mol. The number of rotatable bonds is 4. The molecular formula is C20H25NO4. The predicted molar refractivity (Wildman–Crippen MR) is 95.3 cm³/mol. The van der Waals surface area contributed by atoms with E-state index in [2.05, 4.69) is 26.0 Å². The normalized spacial score (nSPS) is 20.0. The SMILES string of the molecule is CCc1cc(C)cc(CC)c1C1=C(OC(=O)O)C2CCCCN2C1=O. The number of fused-ring (bicyclic) bond motifs is 1. The second-order valence-electron chi connectivity index (χ2n) is 6.78. The summed E-state index contributed by atoms with van der Waals surface area (Å²) in [5, 5.41) is 9.23. The van der Waals surface area contributed by atoms with Crippen molar-refractivity contribution in [2.24, 2.45) is 0 Å². The van der Waals surface area contributed by atoms with E-state index in [1.807, 2.05) is 6.92 Å². The van der Waals surface area contributed by atoms with Crippen LogP contribution in [0.4, 0.5) is 4.79 Å². The highest BCUT2D eigenvalue weighted by Gasteiger charge is 2.44. The maximum atomic E-state index is 13.1. The molecule has 2 aliphatic rings. The average Bonchev–Trinajstić information content (AvgIpc) is 2.86. The van der Waals surface area contributed by atoms with Crippen molar-refractivity contribution < 1.29 is 19.4 Å². The van der Waals surface area contributed by atoms with Crippen molar-refractivity contribution >= 4 is 17.6 Å². The Bertz CT molecular complexity index is 725. The maximum Gasteiger partial charge on any atom is 0.511 e. The van der Waals surface area contributed by atoms with Crippen LogP contribution in [0.5, 0.6) is 0 Å². The van der Waals surface area contributed by atoms with Gasteiger partial charge in [-0.1, -0.05) is 31.5 Å². The molecule has 2 heterocycles. The molecule has 0 bridgehead atoms. The fourth-order valence-corrected chi connectivity index (χ4v) is 4.13. The van der Waals surface area contributed by atoms with Gasteiger partial charge in [0.25, 0.3) is 5.91 Å². The Morgan fingerprint density at radius 2 is 1.88 bits per heavy atom. The number of aryl methyl sites for hydroxylation is 3. The molecule has 0 radical (unpaired) electrons. The van der Waals surface area contributed by atoms with Gasteiger partial charge in [0.1, 0.15) is 5.76 Å². The summed E-state index contributed by atoms with van der Waals surface area (Å²) in [7, 11) is 0. The molecule has 1 unspecified atom stereocenters. The summed E-state index contributed by atoms with van der Waals surface area (Å²) in [5.74, 6) is 0.236. The maximum absolute atomic E-state index is 13.1. The minimum Gasteiger partial charge on any atom is -0.449 e. The van der Waals surface area contributed by atoms with Crippen LogP contribution in [0.1, 0.15) is 55.4 Å². The highest BCUT2D eigenvalue weighted by molar-refractivity contribution is 6.23. The predicted octanol–water partition coefficient (Wildman–Crippen LogP) is 3.92. The van der Waals surface area contributed by atoms with Gasteiger partial charge in [0, 0.05) is 6.54 Å². The molecule has 1 amide bonds. The molecule has 25 heavy (non-hydrogen) atoms. The minimum absolute atomic E-state index is 0.0887. The van der Waals surface area contributed by atoms with Crippen LogP contribution in [-0.2, 0) is 22.4 Å². The van der Waals surface area contributed by atoms with Gasteiger partial charge < -0.3 is 14.7 Å². The molecule has 0 spiro atoms. The van der Waals surface area contributed by atoms with Crippen molar-refractivity contribution in [3.63, 3.8) is 0 Å². The van der Waals surface area contributed by atoms with Gasteiger partial charge in [0.2, 0.25) is 0 Å². The smallest absolute Gasteiger partial charge is 0.449 e. The van der Waals surface area contributed by atoms with E-state index in [4.69, 9.17) is 4.74 Å². The summed E-state index contributed by atoms with van der Waals surface area (Å²) in [4.78, 5) is 26.2. The summed E-state index contributed by atoms with van der Waals surface area (Å²) < 4.78 is 5.18. The summed E-state index contributed by atoms with van der Waals surface area (Å²) >= 11 is 0. The Kier molecular flexibility index (Phi) is 4.84. The van der Waals surface area contributed by atoms with E-state index in [0.29, 0.717) is 17.9 Å². The van der Waals surface area contributed by atoms with Crippen molar-refractivity contribution in [1.29, 1.82) is 0 Å². The number of benzene rings is 1. The Labute approximate surface area is 148 Å². The second-order valence-corrected chi connectivity index (χ2v) is 6.78. The lowest BCUT2D eigenvalue weighted by atomic mass is 9.89. The second kappa shape index (κ2) is 6.90. The van der Waals surface area contributed by atoms with E-state index in [0.717, 1.165) is 54.4 Å². The van der Waals surface area contributed by atoms with Gasteiger partial charge in [-0.3, -0.25) is 4.79 Å². The average molecular weight is 343 g/mol. The van der Waals surface area contributed by atoms with Crippen molar-refractivity contribution in [2.75, 3.05) is 6.54 Å². The largest absolute Gasteiger partial charge is 0.511 e. The number of nitrogens with zero attached hydrogens (tertiary/aromatic N) is 1. The van der Waals surface area contributed by atoms with Crippen LogP contribution >= 0.6 is 0 Å². The van der Waals surface area contributed by atoms with Crippen LogP contribution in [0.25, 0.3) is 5.57 Å². The van der Waals surface area contributed by atoms with Crippen LogP contribution < -0.4 is 0 Å². The molecule has 134 valence electrons. The quantitative estimate of drug-likeness (QED) is 0.842. The van der Waals surface area contributed by atoms with E-state index < -0.39 is 6.16 Å². The number of hydrogen-bond acceptors (Lipinski definition) is 3. The van der Waals surface area contributed by atoms with E-state index >= 15 is 0 Å². The first-order valence-electron chi connectivity index (χ1n) is 9.06. The summed E-state index contributed by atoms with van der Waals surface area (Å²) in [6.45, 7) is 6.82. The van der Waals surface area contributed by atoms with Gasteiger partial charge in [0.05, 0.1) is 11.6 Å². The molecule has 5 nitrogen and oxygen atoms in total. The third-order valence-electron chi connectivity index (χ3n) is 5.18. The van der Waals surface area contributed by atoms with Gasteiger partial charge in [-0.2, -0.15) is 0 Å². The first-order valence-corrected chi connectivity index (χ1v) is 9.06.